The summed E-state index contributed by atoms with van der Waals surface area (Å²) in [6.45, 7) is 4.38. The van der Waals surface area contributed by atoms with Crippen LogP contribution in [0.4, 0.5) is 0 Å². The monoisotopic (exact) mass is 1170 g/mol. The molecule has 0 radical (unpaired) electrons. The van der Waals surface area contributed by atoms with Crippen LogP contribution >= 0.6 is 7.82 Å². The molecule has 0 saturated heterocycles. The number of aliphatic hydroxyl groups is 1. The molecule has 2 N–H and O–H groups in total. The SMILES string of the molecule is CC/C=C\C/C=C\C/C=C\C/C=C\C/C=C\CCCC(=O)OC(CO)COP(=O)(O)OCC(COC(=O)CCCCCCCCCCCCCCCCCCCCC)OC(=O)CCCCCCCC/C=C\C/C=C\C/C=C\C/C=C\CC. The van der Waals surface area contributed by atoms with Crippen LogP contribution < -0.4 is 0 Å². The van der Waals surface area contributed by atoms with E-state index >= 15 is 0 Å². The van der Waals surface area contributed by atoms with Gasteiger partial charge in [0.15, 0.2) is 6.10 Å². The highest BCUT2D eigenvalue weighted by molar-refractivity contribution is 7.47. The van der Waals surface area contributed by atoms with Crippen molar-refractivity contribution < 1.29 is 52.2 Å². The minimum absolute atomic E-state index is 0.0939. The Bertz CT molecular complexity index is 1790. The molecule has 0 fully saturated rings. The van der Waals surface area contributed by atoms with Crippen molar-refractivity contribution in [3.8, 4) is 0 Å². The lowest BCUT2D eigenvalue weighted by Gasteiger charge is -2.21. The van der Waals surface area contributed by atoms with Crippen LogP contribution in [0.3, 0.4) is 0 Å². The number of allylic oxidation sites excluding steroid dienone is 18. The Morgan fingerprint density at radius 1 is 0.354 bits per heavy atom. The lowest BCUT2D eigenvalue weighted by molar-refractivity contribution is -0.161. The fraction of sp³-hybridized carbons (Fsp3) is 0.700. The van der Waals surface area contributed by atoms with E-state index in [1.807, 2.05) is 12.2 Å². The maximum atomic E-state index is 13.0. The summed E-state index contributed by atoms with van der Waals surface area (Å²) in [5, 5.41) is 9.85. The standard InChI is InChI=1S/C70H119O11P/c1-4-7-10-13-16-19-22-25-28-31-33-36-38-41-44-47-50-53-56-59-68(72)77-63-67(81-70(74)61-58-55-52-49-46-43-40-37-34-32-29-26-23-20-17-14-11-8-5-2)65-79-82(75,76)78-64-66(62-71)80-69(73)60-57-54-51-48-45-42-39-35-30-27-24-21-18-15-12-9-6-3/h8-9,11-12,17-18,20-21,26-27,29-30,34,37,39,42,48,51,66-67,71H,4-7,10,13-16,19,22-25,28,31-33,35-36,38,40-41,43-47,49-50,52-65H2,1-3H3,(H,75,76)/b11-8-,12-9-,20-17-,21-18-,29-26-,30-27-,37-34-,42-39-,51-48-. The number of aliphatic hydroxyl groups excluding tert-OH is 1. The lowest BCUT2D eigenvalue weighted by atomic mass is 10.0. The van der Waals surface area contributed by atoms with E-state index in [1.165, 1.54) is 96.3 Å². The Labute approximate surface area is 501 Å². The molecular weight excluding hydrogens is 1050 g/mol. The third-order valence-electron chi connectivity index (χ3n) is 13.7. The average Bonchev–Trinajstić information content (AvgIpc) is 3.49. The summed E-state index contributed by atoms with van der Waals surface area (Å²) < 4.78 is 39.7. The molecule has 0 aliphatic carbocycles. The van der Waals surface area contributed by atoms with Gasteiger partial charge in [0.1, 0.15) is 12.7 Å². The molecule has 0 heterocycles. The normalized spacial score (nSPS) is 14.0. The van der Waals surface area contributed by atoms with Gasteiger partial charge in [0.25, 0.3) is 0 Å². The fourth-order valence-electron chi connectivity index (χ4n) is 8.80. The molecule has 3 atom stereocenters. The average molecular weight is 1170 g/mol. The van der Waals surface area contributed by atoms with Gasteiger partial charge in [0, 0.05) is 19.3 Å². The predicted octanol–water partition coefficient (Wildman–Crippen LogP) is 20.1. The van der Waals surface area contributed by atoms with Gasteiger partial charge in [-0.15, -0.1) is 0 Å². The first-order valence-corrected chi connectivity index (χ1v) is 34.3. The molecule has 0 aliphatic heterocycles. The Morgan fingerprint density at radius 2 is 0.646 bits per heavy atom. The Balaban J connectivity index is 4.77. The van der Waals surface area contributed by atoms with Crippen LogP contribution in [-0.4, -0.2) is 66.5 Å². The number of hydrogen-bond donors (Lipinski definition) is 2. The first-order valence-electron chi connectivity index (χ1n) is 32.8. The number of unbranched alkanes of at least 4 members (excludes halogenated alkanes) is 25. The summed E-state index contributed by atoms with van der Waals surface area (Å²) >= 11 is 0. The van der Waals surface area contributed by atoms with E-state index in [9.17, 15) is 28.9 Å². The first kappa shape index (κ1) is 78.1. The van der Waals surface area contributed by atoms with Crippen LogP contribution in [0.15, 0.2) is 109 Å². The van der Waals surface area contributed by atoms with Gasteiger partial charge in [-0.2, -0.15) is 0 Å². The molecule has 0 spiro atoms. The molecule has 12 heteroatoms. The zero-order valence-corrected chi connectivity index (χ0v) is 53.1. The van der Waals surface area contributed by atoms with Gasteiger partial charge >= 0.3 is 25.7 Å². The number of esters is 3. The highest BCUT2D eigenvalue weighted by Crippen LogP contribution is 2.43. The maximum Gasteiger partial charge on any atom is 0.472 e. The minimum Gasteiger partial charge on any atom is -0.462 e. The molecule has 3 unspecified atom stereocenters. The summed E-state index contributed by atoms with van der Waals surface area (Å²) in [5.41, 5.74) is 0. The summed E-state index contributed by atoms with van der Waals surface area (Å²) in [5.74, 6) is -1.54. The molecule has 0 aromatic heterocycles. The van der Waals surface area contributed by atoms with Gasteiger partial charge in [0.2, 0.25) is 0 Å². The second kappa shape index (κ2) is 63.2. The van der Waals surface area contributed by atoms with Gasteiger partial charge in [-0.25, -0.2) is 4.57 Å². The third-order valence-corrected chi connectivity index (χ3v) is 14.6. The molecule has 0 rings (SSSR count). The zero-order chi connectivity index (χ0) is 59.8. The van der Waals surface area contributed by atoms with Gasteiger partial charge in [-0.3, -0.25) is 23.4 Å². The van der Waals surface area contributed by atoms with Gasteiger partial charge in [0.05, 0.1) is 19.8 Å². The summed E-state index contributed by atoms with van der Waals surface area (Å²) in [4.78, 5) is 48.8. The van der Waals surface area contributed by atoms with Crippen LogP contribution in [0.25, 0.3) is 0 Å². The quantitative estimate of drug-likeness (QED) is 0.0197. The number of ether oxygens (including phenoxy) is 3. The summed E-state index contributed by atoms with van der Waals surface area (Å²) in [7, 11) is -4.78. The first-order chi connectivity index (χ1) is 40.2. The highest BCUT2D eigenvalue weighted by Gasteiger charge is 2.28. The van der Waals surface area contributed by atoms with Crippen LogP contribution in [0, 0.1) is 0 Å². The van der Waals surface area contributed by atoms with E-state index in [1.54, 1.807) is 0 Å². The lowest BCUT2D eigenvalue weighted by Crippen LogP contribution is -2.30. The van der Waals surface area contributed by atoms with Crippen molar-refractivity contribution in [1.29, 1.82) is 0 Å². The summed E-state index contributed by atoms with van der Waals surface area (Å²) in [6, 6.07) is 0. The van der Waals surface area contributed by atoms with Crippen molar-refractivity contribution in [2.24, 2.45) is 0 Å². The Kier molecular flexibility index (Phi) is 60.2. The number of rotatable bonds is 60. The molecule has 470 valence electrons. The van der Waals surface area contributed by atoms with E-state index in [0.29, 0.717) is 25.7 Å². The van der Waals surface area contributed by atoms with Crippen LogP contribution in [0.1, 0.15) is 278 Å². The zero-order valence-electron chi connectivity index (χ0n) is 52.2. The molecule has 0 aromatic rings. The molecule has 0 saturated carbocycles. The smallest absolute Gasteiger partial charge is 0.462 e. The molecule has 82 heavy (non-hydrogen) atoms. The molecule has 0 aliphatic rings. The number of hydrogen-bond acceptors (Lipinski definition) is 10. The minimum atomic E-state index is -4.78. The van der Waals surface area contributed by atoms with E-state index in [2.05, 4.69) is 118 Å². The van der Waals surface area contributed by atoms with Gasteiger partial charge < -0.3 is 24.2 Å². The van der Waals surface area contributed by atoms with E-state index in [-0.39, 0.29) is 25.9 Å². The number of phosphoric acid groups is 1. The van der Waals surface area contributed by atoms with Crippen molar-refractivity contribution in [3.63, 3.8) is 0 Å². The van der Waals surface area contributed by atoms with Crippen LogP contribution in [-0.2, 0) is 42.2 Å². The van der Waals surface area contributed by atoms with Crippen LogP contribution in [0.2, 0.25) is 0 Å². The molecule has 0 aromatic carbocycles. The van der Waals surface area contributed by atoms with Crippen LogP contribution in [0.5, 0.6) is 0 Å². The highest BCUT2D eigenvalue weighted by atomic mass is 31.2. The Morgan fingerprint density at radius 3 is 1.02 bits per heavy atom. The Hall–Kier alpha value is -3.86. The molecule has 0 amide bonds. The molecular formula is C70H119O11P. The molecule has 11 nitrogen and oxygen atoms in total. The number of phosphoric ester groups is 1. The number of carbonyl (C=O) groups excluding carboxylic acids is 3. The third kappa shape index (κ3) is 60.7. The van der Waals surface area contributed by atoms with E-state index < -0.39 is 57.8 Å². The van der Waals surface area contributed by atoms with Crippen molar-refractivity contribution in [2.45, 2.75) is 290 Å². The van der Waals surface area contributed by atoms with Gasteiger partial charge in [-0.1, -0.05) is 271 Å². The number of carbonyl (C=O) groups is 3. The summed E-state index contributed by atoms with van der Waals surface area (Å²) in [6.07, 6.45) is 77.6. The molecule has 0 bridgehead atoms. The predicted molar refractivity (Wildman–Crippen MR) is 343 cm³/mol. The fourth-order valence-corrected chi connectivity index (χ4v) is 9.58. The van der Waals surface area contributed by atoms with Crippen molar-refractivity contribution in [2.75, 3.05) is 26.4 Å². The largest absolute Gasteiger partial charge is 0.472 e. The maximum absolute atomic E-state index is 13.0. The second-order valence-corrected chi connectivity index (χ2v) is 23.0. The van der Waals surface area contributed by atoms with Crippen molar-refractivity contribution >= 4 is 25.7 Å². The van der Waals surface area contributed by atoms with Crippen molar-refractivity contribution in [1.82, 2.24) is 0 Å². The van der Waals surface area contributed by atoms with E-state index in [0.717, 1.165) is 116 Å². The van der Waals surface area contributed by atoms with E-state index in [4.69, 9.17) is 23.3 Å². The van der Waals surface area contributed by atoms with Crippen molar-refractivity contribution in [3.05, 3.63) is 109 Å². The topological polar surface area (TPSA) is 155 Å². The van der Waals surface area contributed by atoms with Gasteiger partial charge in [-0.05, 0) is 96.3 Å². The second-order valence-electron chi connectivity index (χ2n) is 21.5.